The van der Waals surface area contributed by atoms with Crippen LogP contribution < -0.4 is 10.6 Å². The Hall–Kier alpha value is -1.73. The van der Waals surface area contributed by atoms with Crippen molar-refractivity contribution in [3.63, 3.8) is 0 Å². The summed E-state index contributed by atoms with van der Waals surface area (Å²) >= 11 is 0. The van der Waals surface area contributed by atoms with Crippen LogP contribution in [0.2, 0.25) is 0 Å². The lowest BCUT2D eigenvalue weighted by atomic mass is 10.3. The quantitative estimate of drug-likeness (QED) is 0.761. The predicted octanol–water partition coefficient (Wildman–Crippen LogP) is -0.656. The highest BCUT2D eigenvalue weighted by atomic mass is 16.5. The number of hydrogen-bond acceptors (Lipinski definition) is 6. The summed E-state index contributed by atoms with van der Waals surface area (Å²) in [6.07, 6.45) is 2.95. The van der Waals surface area contributed by atoms with Gasteiger partial charge in [0.25, 0.3) is 5.91 Å². The number of ether oxygens (including phenoxy) is 1. The second-order valence-electron chi connectivity index (χ2n) is 4.46. The minimum absolute atomic E-state index is 0.336. The minimum atomic E-state index is -0.504. The Morgan fingerprint density at radius 3 is 2.47 bits per heavy atom. The molecule has 2 heterocycles. The van der Waals surface area contributed by atoms with E-state index in [4.69, 9.17) is 10.5 Å². The van der Waals surface area contributed by atoms with Crippen LogP contribution in [0.5, 0.6) is 0 Å². The highest BCUT2D eigenvalue weighted by Gasteiger charge is 2.18. The fraction of sp³-hybridized carbons (Fsp3) is 0.583. The van der Waals surface area contributed by atoms with Crippen LogP contribution in [0.15, 0.2) is 12.4 Å². The Labute approximate surface area is 112 Å². The number of rotatable bonds is 5. The zero-order valence-corrected chi connectivity index (χ0v) is 11.1. The molecule has 1 aromatic rings. The fourth-order valence-corrected chi connectivity index (χ4v) is 2.00. The van der Waals surface area contributed by atoms with Gasteiger partial charge in [0.1, 0.15) is 0 Å². The Bertz CT molecular complexity index is 415. The molecule has 2 N–H and O–H groups in total. The number of carbonyl (C=O) groups is 1. The number of amides is 1. The van der Waals surface area contributed by atoms with Crippen molar-refractivity contribution < 1.29 is 9.53 Å². The van der Waals surface area contributed by atoms with Gasteiger partial charge in [-0.05, 0) is 0 Å². The van der Waals surface area contributed by atoms with Crippen molar-refractivity contribution in [1.82, 2.24) is 14.9 Å². The van der Waals surface area contributed by atoms with E-state index in [2.05, 4.69) is 19.8 Å². The van der Waals surface area contributed by atoms with E-state index in [0.29, 0.717) is 11.5 Å². The third kappa shape index (κ3) is 3.62. The van der Waals surface area contributed by atoms with E-state index in [1.807, 2.05) is 0 Å². The lowest BCUT2D eigenvalue weighted by molar-refractivity contribution is 0.0999. The van der Waals surface area contributed by atoms with Crippen LogP contribution >= 0.6 is 0 Å². The first kappa shape index (κ1) is 13.7. The number of piperazine rings is 1. The third-order valence-corrected chi connectivity index (χ3v) is 3.19. The molecule has 104 valence electrons. The summed E-state index contributed by atoms with van der Waals surface area (Å²) in [4.78, 5) is 23.8. The molecular formula is C12H19N5O2. The first-order valence-electron chi connectivity index (χ1n) is 6.29. The number of nitrogens with two attached hydrogens (primary N) is 1. The normalized spacial score (nSPS) is 16.6. The Morgan fingerprint density at radius 2 is 1.95 bits per heavy atom. The lowest BCUT2D eigenvalue weighted by Crippen LogP contribution is -2.47. The molecule has 0 unspecified atom stereocenters. The number of primary amides is 1. The molecule has 1 amide bonds. The van der Waals surface area contributed by atoms with Gasteiger partial charge in [-0.25, -0.2) is 9.97 Å². The predicted molar refractivity (Wildman–Crippen MR) is 71.1 cm³/mol. The summed E-state index contributed by atoms with van der Waals surface area (Å²) in [6.45, 7) is 5.38. The first-order valence-corrected chi connectivity index (χ1v) is 6.29. The van der Waals surface area contributed by atoms with Gasteiger partial charge in [-0.15, -0.1) is 0 Å². The maximum atomic E-state index is 10.9. The van der Waals surface area contributed by atoms with Crippen molar-refractivity contribution in [3.8, 4) is 0 Å². The first-order chi connectivity index (χ1) is 9.20. The Morgan fingerprint density at radius 1 is 1.32 bits per heavy atom. The Balaban J connectivity index is 1.88. The van der Waals surface area contributed by atoms with E-state index < -0.39 is 5.91 Å². The van der Waals surface area contributed by atoms with Crippen molar-refractivity contribution in [2.75, 3.05) is 51.3 Å². The van der Waals surface area contributed by atoms with Crippen LogP contribution in [0.25, 0.3) is 0 Å². The Kier molecular flexibility index (Phi) is 4.64. The van der Waals surface area contributed by atoms with Crippen LogP contribution in [0.1, 0.15) is 10.4 Å². The van der Waals surface area contributed by atoms with Crippen LogP contribution in [0.4, 0.5) is 5.95 Å². The molecule has 1 aliphatic heterocycles. The number of nitrogens with zero attached hydrogens (tertiary/aromatic N) is 4. The fourth-order valence-electron chi connectivity index (χ4n) is 2.00. The van der Waals surface area contributed by atoms with Gasteiger partial charge in [0.2, 0.25) is 5.95 Å². The highest BCUT2D eigenvalue weighted by molar-refractivity contribution is 5.92. The van der Waals surface area contributed by atoms with Gasteiger partial charge in [-0.3, -0.25) is 9.69 Å². The summed E-state index contributed by atoms with van der Waals surface area (Å²) < 4.78 is 5.07. The van der Waals surface area contributed by atoms with E-state index >= 15 is 0 Å². The summed E-state index contributed by atoms with van der Waals surface area (Å²) in [7, 11) is 1.71. The van der Waals surface area contributed by atoms with Crippen molar-refractivity contribution in [3.05, 3.63) is 18.0 Å². The summed E-state index contributed by atoms with van der Waals surface area (Å²) in [5.74, 6) is 0.146. The van der Waals surface area contributed by atoms with E-state index in [1.54, 1.807) is 7.11 Å². The van der Waals surface area contributed by atoms with E-state index in [-0.39, 0.29) is 0 Å². The summed E-state index contributed by atoms with van der Waals surface area (Å²) in [5.41, 5.74) is 5.49. The molecule has 1 fully saturated rings. The lowest BCUT2D eigenvalue weighted by Gasteiger charge is -2.34. The molecule has 0 saturated carbocycles. The molecule has 1 saturated heterocycles. The molecule has 7 nitrogen and oxygen atoms in total. The van der Waals surface area contributed by atoms with Crippen LogP contribution in [-0.4, -0.2) is 67.2 Å². The molecule has 0 aromatic carbocycles. The largest absolute Gasteiger partial charge is 0.383 e. The monoisotopic (exact) mass is 265 g/mol. The van der Waals surface area contributed by atoms with Gasteiger partial charge in [-0.2, -0.15) is 0 Å². The molecule has 0 bridgehead atoms. The van der Waals surface area contributed by atoms with Gasteiger partial charge in [0.05, 0.1) is 12.2 Å². The van der Waals surface area contributed by atoms with Gasteiger partial charge in [0, 0.05) is 52.2 Å². The van der Waals surface area contributed by atoms with Gasteiger partial charge in [0.15, 0.2) is 0 Å². The van der Waals surface area contributed by atoms with Crippen molar-refractivity contribution in [1.29, 1.82) is 0 Å². The summed E-state index contributed by atoms with van der Waals surface area (Å²) in [5, 5.41) is 0. The molecular weight excluding hydrogens is 246 g/mol. The topological polar surface area (TPSA) is 84.6 Å². The van der Waals surface area contributed by atoms with Gasteiger partial charge in [-0.1, -0.05) is 0 Å². The van der Waals surface area contributed by atoms with Crippen molar-refractivity contribution in [2.24, 2.45) is 5.73 Å². The standard InChI is InChI=1S/C12H19N5O2/c1-19-7-6-16-2-4-17(5-3-16)12-14-8-10(9-15-12)11(13)18/h8-9H,2-7H2,1H3,(H2,13,18). The molecule has 7 heteroatoms. The molecule has 2 rings (SSSR count). The van der Waals surface area contributed by atoms with Crippen molar-refractivity contribution in [2.45, 2.75) is 0 Å². The van der Waals surface area contributed by atoms with Crippen molar-refractivity contribution >= 4 is 11.9 Å². The minimum Gasteiger partial charge on any atom is -0.383 e. The average Bonchev–Trinajstić information content (AvgIpc) is 2.46. The third-order valence-electron chi connectivity index (χ3n) is 3.19. The molecule has 1 aromatic heterocycles. The maximum absolute atomic E-state index is 10.9. The van der Waals surface area contributed by atoms with Gasteiger partial charge < -0.3 is 15.4 Å². The summed E-state index contributed by atoms with van der Waals surface area (Å²) in [6, 6.07) is 0. The zero-order chi connectivity index (χ0) is 13.7. The smallest absolute Gasteiger partial charge is 0.251 e. The molecule has 1 aliphatic rings. The number of hydrogen-bond donors (Lipinski definition) is 1. The van der Waals surface area contributed by atoms with E-state index in [9.17, 15) is 4.79 Å². The SMILES string of the molecule is COCCN1CCN(c2ncc(C(N)=O)cn2)CC1. The molecule has 0 spiro atoms. The van der Waals surface area contributed by atoms with Gasteiger partial charge >= 0.3 is 0 Å². The second kappa shape index (κ2) is 6.44. The second-order valence-corrected chi connectivity index (χ2v) is 4.46. The van der Waals surface area contributed by atoms with Crippen LogP contribution in [-0.2, 0) is 4.74 Å². The number of methoxy groups -OCH3 is 1. The highest BCUT2D eigenvalue weighted by Crippen LogP contribution is 2.10. The molecule has 0 aliphatic carbocycles. The average molecular weight is 265 g/mol. The number of anilines is 1. The van der Waals surface area contributed by atoms with Crippen LogP contribution in [0.3, 0.4) is 0 Å². The number of carbonyl (C=O) groups excluding carboxylic acids is 1. The number of aromatic nitrogens is 2. The molecule has 0 radical (unpaired) electrons. The maximum Gasteiger partial charge on any atom is 0.251 e. The van der Waals surface area contributed by atoms with E-state index in [0.717, 1.165) is 39.3 Å². The van der Waals surface area contributed by atoms with E-state index in [1.165, 1.54) is 12.4 Å². The zero-order valence-electron chi connectivity index (χ0n) is 11.1. The molecule has 19 heavy (non-hydrogen) atoms. The molecule has 0 atom stereocenters. The van der Waals surface area contributed by atoms with Crippen LogP contribution in [0, 0.1) is 0 Å².